The predicted octanol–water partition coefficient (Wildman–Crippen LogP) is 1.09. The number of carbonyl (C=O) groups is 2. The Morgan fingerprint density at radius 3 is 2.61 bits per heavy atom. The van der Waals surface area contributed by atoms with Gasteiger partial charge in [-0.15, -0.1) is 10.2 Å². The Morgan fingerprint density at radius 2 is 1.96 bits per heavy atom. The first-order valence-electron chi connectivity index (χ1n) is 10.0. The van der Waals surface area contributed by atoms with Crippen LogP contribution in [0.1, 0.15) is 62.6 Å². The van der Waals surface area contributed by atoms with Gasteiger partial charge in [0.05, 0.1) is 12.9 Å². The molecular weight excluding hydrogens is 358 g/mol. The molecule has 0 unspecified atom stereocenters. The van der Waals surface area contributed by atoms with Gasteiger partial charge in [0.2, 0.25) is 11.8 Å². The Bertz CT molecular complexity index is 817. The average molecular weight is 385 g/mol. The fraction of sp³-hybridized carbons (Fsp3) is 0.632. The number of hydrogen-bond acceptors (Lipinski definition) is 5. The van der Waals surface area contributed by atoms with Crippen LogP contribution < -0.4 is 5.32 Å². The summed E-state index contributed by atoms with van der Waals surface area (Å²) >= 11 is 0. The van der Waals surface area contributed by atoms with E-state index in [9.17, 15) is 9.59 Å². The lowest BCUT2D eigenvalue weighted by atomic mass is 9.95. The van der Waals surface area contributed by atoms with E-state index in [-0.39, 0.29) is 11.8 Å². The first-order valence-corrected chi connectivity index (χ1v) is 10.0. The van der Waals surface area contributed by atoms with E-state index in [1.165, 1.54) is 19.8 Å². The van der Waals surface area contributed by atoms with Crippen molar-refractivity contribution in [1.29, 1.82) is 0 Å². The van der Waals surface area contributed by atoms with E-state index < -0.39 is 0 Å². The zero-order valence-electron chi connectivity index (χ0n) is 16.3. The molecule has 1 N–H and O–H groups in total. The van der Waals surface area contributed by atoms with Crippen molar-refractivity contribution in [3.05, 3.63) is 30.4 Å². The number of nitrogens with zero attached hydrogens (tertiary/aromatic N) is 6. The van der Waals surface area contributed by atoms with Crippen LogP contribution in [0.3, 0.4) is 0 Å². The normalized spacial score (nSPS) is 17.7. The van der Waals surface area contributed by atoms with E-state index >= 15 is 0 Å². The number of likely N-dealkylation sites (tertiary alicyclic amines) is 1. The second kappa shape index (κ2) is 8.12. The van der Waals surface area contributed by atoms with E-state index in [4.69, 9.17) is 0 Å². The molecule has 9 heteroatoms. The minimum absolute atomic E-state index is 0.0996. The summed E-state index contributed by atoms with van der Waals surface area (Å²) in [5, 5.41) is 11.7. The van der Waals surface area contributed by atoms with Crippen molar-refractivity contribution in [3.8, 4) is 0 Å². The minimum atomic E-state index is -0.0996. The topological polar surface area (TPSA) is 97.9 Å². The van der Waals surface area contributed by atoms with E-state index in [1.54, 1.807) is 12.5 Å². The van der Waals surface area contributed by atoms with Crippen molar-refractivity contribution >= 4 is 11.8 Å². The van der Waals surface area contributed by atoms with Crippen LogP contribution in [0.25, 0.3) is 0 Å². The molecule has 0 aromatic carbocycles. The molecule has 1 saturated heterocycles. The summed E-state index contributed by atoms with van der Waals surface area (Å²) in [5.41, 5.74) is 0. The first kappa shape index (κ1) is 18.6. The molecule has 1 aliphatic heterocycles. The van der Waals surface area contributed by atoms with Crippen molar-refractivity contribution in [1.82, 2.24) is 34.5 Å². The second-order valence-corrected chi connectivity index (χ2v) is 7.70. The van der Waals surface area contributed by atoms with Crippen LogP contribution in [-0.2, 0) is 16.1 Å². The summed E-state index contributed by atoms with van der Waals surface area (Å²) in [7, 11) is 0. The molecule has 1 saturated carbocycles. The number of nitrogens with one attached hydrogen (secondary N) is 1. The highest BCUT2D eigenvalue weighted by molar-refractivity contribution is 5.78. The molecule has 3 heterocycles. The van der Waals surface area contributed by atoms with Gasteiger partial charge in [0, 0.05) is 57.3 Å². The predicted molar refractivity (Wildman–Crippen MR) is 101 cm³/mol. The fourth-order valence-corrected chi connectivity index (χ4v) is 3.89. The lowest BCUT2D eigenvalue weighted by Crippen LogP contribution is -2.39. The number of imidazole rings is 1. The zero-order chi connectivity index (χ0) is 19.5. The number of aromatic nitrogens is 5. The number of rotatable bonds is 7. The summed E-state index contributed by atoms with van der Waals surface area (Å²) < 4.78 is 4.35. The molecular formula is C19H27N7O2. The maximum atomic E-state index is 12.3. The third-order valence-corrected chi connectivity index (χ3v) is 5.51. The highest BCUT2D eigenvalue weighted by atomic mass is 16.2. The van der Waals surface area contributed by atoms with Gasteiger partial charge in [-0.1, -0.05) is 0 Å². The third-order valence-electron chi connectivity index (χ3n) is 5.51. The van der Waals surface area contributed by atoms with E-state index in [1.807, 2.05) is 15.7 Å². The van der Waals surface area contributed by atoms with Crippen LogP contribution in [0.4, 0.5) is 0 Å². The number of hydrogen-bond donors (Lipinski definition) is 1. The highest BCUT2D eigenvalue weighted by Crippen LogP contribution is 2.40. The lowest BCUT2D eigenvalue weighted by Gasteiger charge is -2.32. The van der Waals surface area contributed by atoms with Gasteiger partial charge in [-0.05, 0) is 25.7 Å². The molecule has 2 aromatic rings. The molecule has 2 aromatic heterocycles. The van der Waals surface area contributed by atoms with Crippen molar-refractivity contribution in [2.45, 2.75) is 57.5 Å². The Kier molecular flexibility index (Phi) is 5.40. The van der Waals surface area contributed by atoms with Crippen LogP contribution >= 0.6 is 0 Å². The van der Waals surface area contributed by atoms with Crippen LogP contribution in [0, 0.1) is 0 Å². The largest absolute Gasteiger partial charge is 0.356 e. The first-order chi connectivity index (χ1) is 13.6. The smallest absolute Gasteiger partial charge is 0.224 e. The van der Waals surface area contributed by atoms with Gasteiger partial charge in [-0.3, -0.25) is 9.59 Å². The van der Waals surface area contributed by atoms with Crippen molar-refractivity contribution in [2.24, 2.45) is 0 Å². The van der Waals surface area contributed by atoms with Crippen LogP contribution in [-0.4, -0.2) is 60.7 Å². The molecule has 150 valence electrons. The number of piperidine rings is 1. The molecule has 28 heavy (non-hydrogen) atoms. The van der Waals surface area contributed by atoms with Gasteiger partial charge < -0.3 is 19.4 Å². The maximum Gasteiger partial charge on any atom is 0.224 e. The molecule has 2 fully saturated rings. The summed E-state index contributed by atoms with van der Waals surface area (Å²) in [5.74, 6) is 2.41. The van der Waals surface area contributed by atoms with E-state index in [0.717, 1.165) is 37.6 Å². The van der Waals surface area contributed by atoms with Gasteiger partial charge >= 0.3 is 0 Å². The van der Waals surface area contributed by atoms with Crippen LogP contribution in [0.15, 0.2) is 18.7 Å². The van der Waals surface area contributed by atoms with Gasteiger partial charge in [0.15, 0.2) is 5.82 Å². The zero-order valence-corrected chi connectivity index (χ0v) is 16.3. The lowest BCUT2D eigenvalue weighted by molar-refractivity contribution is -0.132. The Morgan fingerprint density at radius 1 is 1.18 bits per heavy atom. The van der Waals surface area contributed by atoms with Crippen molar-refractivity contribution < 1.29 is 9.59 Å². The van der Waals surface area contributed by atoms with Gasteiger partial charge in [-0.25, -0.2) is 4.98 Å². The Labute approximate surface area is 164 Å². The quantitative estimate of drug-likeness (QED) is 0.769. The summed E-state index contributed by atoms with van der Waals surface area (Å²) in [4.78, 5) is 29.3. The highest BCUT2D eigenvalue weighted by Gasteiger charge is 2.34. The van der Waals surface area contributed by atoms with Gasteiger partial charge in [0.25, 0.3) is 0 Å². The molecule has 2 amide bonds. The van der Waals surface area contributed by atoms with Gasteiger partial charge in [0.1, 0.15) is 5.82 Å². The second-order valence-electron chi connectivity index (χ2n) is 7.70. The molecule has 0 atom stereocenters. The van der Waals surface area contributed by atoms with Gasteiger partial charge in [-0.2, -0.15) is 0 Å². The molecule has 1 aliphatic carbocycles. The number of carbonyl (C=O) groups excluding carboxylic acids is 2. The standard InChI is InChI=1S/C19H27N7O2/c1-14(27)21-7-4-18(28)25-9-5-15(6-10-25)19-23-22-17(26(19)16-2-3-16)12-24-11-8-20-13-24/h8,11,13,15-16H,2-7,9-10,12H2,1H3,(H,21,27). The molecule has 9 nitrogen and oxygen atoms in total. The maximum absolute atomic E-state index is 12.3. The fourth-order valence-electron chi connectivity index (χ4n) is 3.89. The van der Waals surface area contributed by atoms with Crippen LogP contribution in [0.5, 0.6) is 0 Å². The molecule has 0 spiro atoms. The summed E-state index contributed by atoms with van der Waals surface area (Å²) in [6.45, 7) is 4.02. The average Bonchev–Trinajstić information content (AvgIpc) is 3.23. The molecule has 4 rings (SSSR count). The number of amides is 2. The summed E-state index contributed by atoms with van der Waals surface area (Å²) in [6.07, 6.45) is 10.1. The van der Waals surface area contributed by atoms with Crippen LogP contribution in [0.2, 0.25) is 0 Å². The Balaban J connectivity index is 1.37. The van der Waals surface area contributed by atoms with E-state index in [2.05, 4.69) is 25.1 Å². The molecule has 2 aliphatic rings. The third kappa shape index (κ3) is 4.23. The van der Waals surface area contributed by atoms with Crippen molar-refractivity contribution in [2.75, 3.05) is 19.6 Å². The van der Waals surface area contributed by atoms with E-state index in [0.29, 0.717) is 31.5 Å². The SMILES string of the molecule is CC(=O)NCCC(=O)N1CCC(c2nnc(Cn3ccnc3)n2C2CC2)CC1. The molecule has 0 radical (unpaired) electrons. The summed E-state index contributed by atoms with van der Waals surface area (Å²) in [6, 6.07) is 0.515. The minimum Gasteiger partial charge on any atom is -0.356 e. The van der Waals surface area contributed by atoms with Crippen molar-refractivity contribution in [3.63, 3.8) is 0 Å². The monoisotopic (exact) mass is 385 g/mol. The Hall–Kier alpha value is -2.71. The molecule has 0 bridgehead atoms.